The van der Waals surface area contributed by atoms with Crippen LogP contribution in [0.3, 0.4) is 0 Å². The fourth-order valence-electron chi connectivity index (χ4n) is 1.59. The number of hydrogen-bond acceptors (Lipinski definition) is 0. The number of aryl methyl sites for hydroxylation is 4. The van der Waals surface area contributed by atoms with Crippen molar-refractivity contribution in [3.8, 4) is 0 Å². The molecular weight excluding hydrogens is 276 g/mol. The van der Waals surface area contributed by atoms with Crippen molar-refractivity contribution in [2.24, 2.45) is 0 Å². The Labute approximate surface area is 113 Å². The summed E-state index contributed by atoms with van der Waals surface area (Å²) in [5.74, 6) is 0. The van der Waals surface area contributed by atoms with Crippen molar-refractivity contribution in [3.63, 3.8) is 0 Å². The van der Waals surface area contributed by atoms with Crippen LogP contribution in [0.2, 0.25) is 0 Å². The number of nitrogens with zero attached hydrogens (tertiary/aromatic N) is 2. The van der Waals surface area contributed by atoms with E-state index in [0.717, 1.165) is 13.1 Å². The molecule has 3 heteroatoms. The molecular formula is C14H18BrN2+. The van der Waals surface area contributed by atoms with E-state index in [1.807, 2.05) is 0 Å². The summed E-state index contributed by atoms with van der Waals surface area (Å²) in [6.07, 6.45) is 8.52. The summed E-state index contributed by atoms with van der Waals surface area (Å²) in [4.78, 5) is 0. The molecule has 0 bridgehead atoms. The highest BCUT2D eigenvalue weighted by Crippen LogP contribution is 1.91. The Bertz CT molecular complexity index is 403. The maximum Gasteiger partial charge on any atom is 0.206 e. The molecule has 90 valence electrons. The summed E-state index contributed by atoms with van der Waals surface area (Å²) >= 11 is 0. The van der Waals surface area contributed by atoms with Crippen LogP contribution in [0.25, 0.3) is 0 Å². The third-order valence-corrected chi connectivity index (χ3v) is 2.73. The van der Waals surface area contributed by atoms with E-state index in [9.17, 15) is 0 Å². The minimum absolute atomic E-state index is 0. The highest BCUT2D eigenvalue weighted by Gasteiger charge is 2.04. The van der Waals surface area contributed by atoms with Crippen molar-refractivity contribution in [2.75, 3.05) is 0 Å². The van der Waals surface area contributed by atoms with Crippen LogP contribution in [0.15, 0.2) is 49.1 Å². The number of pyridine rings is 2. The third-order valence-electron chi connectivity index (χ3n) is 2.73. The van der Waals surface area contributed by atoms with Crippen molar-refractivity contribution >= 4 is 0 Å². The Hall–Kier alpha value is -1.22. The van der Waals surface area contributed by atoms with Gasteiger partial charge in [-0.05, 0) is 25.0 Å². The molecule has 2 rings (SSSR count). The van der Waals surface area contributed by atoms with Gasteiger partial charge in [-0.15, -0.1) is 0 Å². The number of aromatic nitrogens is 2. The van der Waals surface area contributed by atoms with Gasteiger partial charge in [0.2, 0.25) is 13.1 Å². The predicted molar refractivity (Wildman–Crippen MR) is 62.7 cm³/mol. The Morgan fingerprint density at radius 3 is 1.29 bits per heavy atom. The molecule has 2 aromatic rings. The summed E-state index contributed by atoms with van der Waals surface area (Å²) < 4.78 is 4.42. The fraction of sp³-hybridized carbons (Fsp3) is 0.286. The van der Waals surface area contributed by atoms with Gasteiger partial charge in [-0.2, -0.15) is 9.13 Å². The Kier molecular flexibility index (Phi) is 5.29. The number of halogens is 1. The van der Waals surface area contributed by atoms with Crippen LogP contribution in [0.4, 0.5) is 0 Å². The van der Waals surface area contributed by atoms with E-state index in [2.05, 4.69) is 72.0 Å². The van der Waals surface area contributed by atoms with Crippen molar-refractivity contribution < 1.29 is 26.1 Å². The summed E-state index contributed by atoms with van der Waals surface area (Å²) in [5.41, 5.74) is 2.61. The largest absolute Gasteiger partial charge is 1.00 e. The lowest BCUT2D eigenvalue weighted by Crippen LogP contribution is -3.00. The van der Waals surface area contributed by atoms with Gasteiger partial charge in [-0.1, -0.05) is 0 Å². The number of rotatable bonds is 3. The van der Waals surface area contributed by atoms with Gasteiger partial charge in [0.15, 0.2) is 24.8 Å². The minimum atomic E-state index is 0. The predicted octanol–water partition coefficient (Wildman–Crippen LogP) is -1.42. The molecule has 17 heavy (non-hydrogen) atoms. The average Bonchev–Trinajstić information content (AvgIpc) is 2.30. The summed E-state index contributed by atoms with van der Waals surface area (Å²) in [5, 5.41) is 0. The molecule has 0 spiro atoms. The summed E-state index contributed by atoms with van der Waals surface area (Å²) in [6, 6.07) is 8.55. The summed E-state index contributed by atoms with van der Waals surface area (Å²) in [7, 11) is 0. The monoisotopic (exact) mass is 293 g/mol. The quantitative estimate of drug-likeness (QED) is 0.614. The molecule has 0 aliphatic rings. The second-order valence-electron chi connectivity index (χ2n) is 4.23. The van der Waals surface area contributed by atoms with Crippen LogP contribution in [-0.4, -0.2) is 0 Å². The van der Waals surface area contributed by atoms with E-state index in [-0.39, 0.29) is 17.0 Å². The van der Waals surface area contributed by atoms with E-state index in [1.165, 1.54) is 11.1 Å². The van der Waals surface area contributed by atoms with Crippen molar-refractivity contribution in [1.29, 1.82) is 0 Å². The molecule has 0 saturated carbocycles. The Balaban J connectivity index is 0.00000144. The van der Waals surface area contributed by atoms with Crippen LogP contribution in [-0.2, 0) is 13.1 Å². The molecule has 0 unspecified atom stereocenters. The molecule has 2 heterocycles. The van der Waals surface area contributed by atoms with Crippen molar-refractivity contribution in [1.82, 2.24) is 0 Å². The van der Waals surface area contributed by atoms with Gasteiger partial charge in [0.05, 0.1) is 0 Å². The smallest absolute Gasteiger partial charge is 0.206 e. The zero-order chi connectivity index (χ0) is 11.4. The van der Waals surface area contributed by atoms with Gasteiger partial charge >= 0.3 is 0 Å². The van der Waals surface area contributed by atoms with E-state index in [0.29, 0.717) is 0 Å². The first-order valence-electron chi connectivity index (χ1n) is 5.65. The molecule has 0 aliphatic heterocycles. The van der Waals surface area contributed by atoms with Gasteiger partial charge in [-0.25, -0.2) is 0 Å². The standard InChI is InChI=1S/C14H18N2.BrH/c1-13-3-7-15(8-4-13)11-12-16-9-5-14(2)6-10-16;/h3-10H,11-12H2,1-2H3;1H/q+2;/p-1. The second-order valence-corrected chi connectivity index (χ2v) is 4.23. The molecule has 0 amide bonds. The molecule has 2 aromatic heterocycles. The van der Waals surface area contributed by atoms with Crippen molar-refractivity contribution in [2.45, 2.75) is 26.9 Å². The van der Waals surface area contributed by atoms with Crippen LogP contribution in [0, 0.1) is 13.8 Å². The second kappa shape index (κ2) is 6.50. The minimum Gasteiger partial charge on any atom is -1.00 e. The normalized spacial score (nSPS) is 9.76. The van der Waals surface area contributed by atoms with Crippen LogP contribution >= 0.6 is 0 Å². The van der Waals surface area contributed by atoms with Crippen LogP contribution < -0.4 is 26.1 Å². The zero-order valence-corrected chi connectivity index (χ0v) is 11.9. The zero-order valence-electron chi connectivity index (χ0n) is 10.3. The topological polar surface area (TPSA) is 7.76 Å². The maximum absolute atomic E-state index is 2.21. The molecule has 0 N–H and O–H groups in total. The summed E-state index contributed by atoms with van der Waals surface area (Å²) in [6.45, 7) is 6.24. The van der Waals surface area contributed by atoms with Crippen molar-refractivity contribution in [3.05, 3.63) is 60.2 Å². The van der Waals surface area contributed by atoms with E-state index in [1.54, 1.807) is 0 Å². The molecule has 0 aliphatic carbocycles. The lowest BCUT2D eigenvalue weighted by atomic mass is 10.3. The Morgan fingerprint density at radius 2 is 1.00 bits per heavy atom. The molecule has 0 aromatic carbocycles. The van der Waals surface area contributed by atoms with Gasteiger partial charge in [-0.3, -0.25) is 0 Å². The lowest BCUT2D eigenvalue weighted by Gasteiger charge is -1.96. The Morgan fingerprint density at radius 1 is 0.706 bits per heavy atom. The first kappa shape index (κ1) is 13.8. The third kappa shape index (κ3) is 4.27. The van der Waals surface area contributed by atoms with Gasteiger partial charge in [0.1, 0.15) is 0 Å². The highest BCUT2D eigenvalue weighted by atomic mass is 79.9. The van der Waals surface area contributed by atoms with Crippen LogP contribution in [0.1, 0.15) is 11.1 Å². The molecule has 0 saturated heterocycles. The maximum atomic E-state index is 2.21. The SMILES string of the molecule is Cc1cc[n+](CC[n+]2ccc(C)cc2)cc1.[Br-]. The molecule has 2 nitrogen and oxygen atoms in total. The molecule has 0 radical (unpaired) electrons. The highest BCUT2D eigenvalue weighted by molar-refractivity contribution is 5.03. The molecule has 0 fully saturated rings. The van der Waals surface area contributed by atoms with E-state index >= 15 is 0 Å². The lowest BCUT2D eigenvalue weighted by molar-refractivity contribution is -0.778. The van der Waals surface area contributed by atoms with E-state index < -0.39 is 0 Å². The fourth-order valence-corrected chi connectivity index (χ4v) is 1.59. The van der Waals surface area contributed by atoms with Gasteiger partial charge in [0, 0.05) is 24.3 Å². The molecule has 0 atom stereocenters. The van der Waals surface area contributed by atoms with Gasteiger partial charge < -0.3 is 17.0 Å². The van der Waals surface area contributed by atoms with E-state index in [4.69, 9.17) is 0 Å². The van der Waals surface area contributed by atoms with Gasteiger partial charge in [0.25, 0.3) is 0 Å². The first-order chi connectivity index (χ1) is 7.74. The number of hydrogen-bond donors (Lipinski definition) is 0. The van der Waals surface area contributed by atoms with Crippen LogP contribution in [0.5, 0.6) is 0 Å². The first-order valence-corrected chi connectivity index (χ1v) is 5.65. The average molecular weight is 294 g/mol.